The molecule has 2 rings (SSSR count). The minimum atomic E-state index is 0.249. The van der Waals surface area contributed by atoms with Crippen LogP contribution in [0.5, 0.6) is 0 Å². The average molecular weight is 193 g/mol. The van der Waals surface area contributed by atoms with Crippen molar-refractivity contribution in [1.82, 2.24) is 9.78 Å². The van der Waals surface area contributed by atoms with E-state index in [0.717, 1.165) is 5.69 Å². The number of hydrogen-bond acceptors (Lipinski definition) is 2. The summed E-state index contributed by atoms with van der Waals surface area (Å²) in [6, 6.07) is 0.295. The number of hydrogen-bond donors (Lipinski definition) is 1. The molecule has 0 unspecified atom stereocenters. The van der Waals surface area contributed by atoms with E-state index in [2.05, 4.69) is 32.8 Å². The van der Waals surface area contributed by atoms with Gasteiger partial charge in [0.1, 0.15) is 0 Å². The summed E-state index contributed by atoms with van der Waals surface area (Å²) in [5, 5.41) is 4.43. The van der Waals surface area contributed by atoms with Crippen LogP contribution in [0, 0.1) is 19.3 Å². The predicted octanol–water partition coefficient (Wildman–Crippen LogP) is 1.49. The SMILES string of the molecule is Cc1nn(C)c(C)c1[C@H]1[C@H](N)C1(C)C. The molecule has 2 N–H and O–H groups in total. The summed E-state index contributed by atoms with van der Waals surface area (Å²) in [6.07, 6.45) is 0. The van der Waals surface area contributed by atoms with Crippen molar-refractivity contribution in [1.29, 1.82) is 0 Å². The van der Waals surface area contributed by atoms with Gasteiger partial charge in [0.25, 0.3) is 0 Å². The molecule has 1 fully saturated rings. The smallest absolute Gasteiger partial charge is 0.0632 e. The normalized spacial score (nSPS) is 29.3. The van der Waals surface area contributed by atoms with Crippen LogP contribution < -0.4 is 5.73 Å². The maximum absolute atomic E-state index is 6.09. The van der Waals surface area contributed by atoms with Crippen LogP contribution in [0.2, 0.25) is 0 Å². The molecule has 3 heteroatoms. The van der Waals surface area contributed by atoms with Gasteiger partial charge in [0, 0.05) is 30.3 Å². The molecule has 0 spiro atoms. The van der Waals surface area contributed by atoms with E-state index in [0.29, 0.717) is 12.0 Å². The van der Waals surface area contributed by atoms with Crippen LogP contribution in [0.4, 0.5) is 0 Å². The van der Waals surface area contributed by atoms with Crippen molar-refractivity contribution in [2.24, 2.45) is 18.2 Å². The maximum atomic E-state index is 6.09. The Hall–Kier alpha value is -0.830. The van der Waals surface area contributed by atoms with Gasteiger partial charge in [-0.05, 0) is 19.3 Å². The third-order valence-corrected chi connectivity index (χ3v) is 3.79. The molecule has 1 aliphatic rings. The average Bonchev–Trinajstić information content (AvgIpc) is 2.43. The molecule has 78 valence electrons. The lowest BCUT2D eigenvalue weighted by Crippen LogP contribution is -2.06. The van der Waals surface area contributed by atoms with Gasteiger partial charge in [-0.25, -0.2) is 0 Å². The summed E-state index contributed by atoms with van der Waals surface area (Å²) in [6.45, 7) is 8.66. The Labute approximate surface area is 85.3 Å². The Morgan fingerprint density at radius 2 is 1.86 bits per heavy atom. The fourth-order valence-electron chi connectivity index (χ4n) is 2.47. The Kier molecular flexibility index (Phi) is 1.80. The van der Waals surface area contributed by atoms with Crippen LogP contribution in [0.3, 0.4) is 0 Å². The van der Waals surface area contributed by atoms with E-state index in [1.54, 1.807) is 0 Å². The van der Waals surface area contributed by atoms with E-state index in [4.69, 9.17) is 5.73 Å². The topological polar surface area (TPSA) is 43.8 Å². The first-order chi connectivity index (χ1) is 6.37. The van der Waals surface area contributed by atoms with Crippen LogP contribution in [-0.2, 0) is 7.05 Å². The van der Waals surface area contributed by atoms with Crippen molar-refractivity contribution in [3.05, 3.63) is 17.0 Å². The van der Waals surface area contributed by atoms with Gasteiger partial charge in [-0.1, -0.05) is 13.8 Å². The van der Waals surface area contributed by atoms with E-state index in [9.17, 15) is 0 Å². The second kappa shape index (κ2) is 2.60. The number of rotatable bonds is 1. The van der Waals surface area contributed by atoms with Crippen LogP contribution in [0.25, 0.3) is 0 Å². The Bertz CT molecular complexity index is 376. The third kappa shape index (κ3) is 1.05. The van der Waals surface area contributed by atoms with E-state index < -0.39 is 0 Å². The van der Waals surface area contributed by atoms with Gasteiger partial charge < -0.3 is 5.73 Å². The predicted molar refractivity (Wildman–Crippen MR) is 57.2 cm³/mol. The molecule has 1 saturated carbocycles. The zero-order valence-electron chi connectivity index (χ0n) is 9.63. The van der Waals surface area contributed by atoms with Crippen molar-refractivity contribution < 1.29 is 0 Å². The molecule has 1 aliphatic carbocycles. The van der Waals surface area contributed by atoms with Gasteiger partial charge >= 0.3 is 0 Å². The lowest BCUT2D eigenvalue weighted by Gasteiger charge is -2.02. The highest BCUT2D eigenvalue weighted by Gasteiger charge is 2.57. The number of aromatic nitrogens is 2. The van der Waals surface area contributed by atoms with E-state index in [1.165, 1.54) is 11.3 Å². The van der Waals surface area contributed by atoms with Gasteiger partial charge in [-0.15, -0.1) is 0 Å². The van der Waals surface area contributed by atoms with Crippen molar-refractivity contribution >= 4 is 0 Å². The highest BCUT2D eigenvalue weighted by atomic mass is 15.3. The molecule has 14 heavy (non-hydrogen) atoms. The van der Waals surface area contributed by atoms with Crippen LogP contribution >= 0.6 is 0 Å². The van der Waals surface area contributed by atoms with Crippen LogP contribution in [0.1, 0.15) is 36.7 Å². The van der Waals surface area contributed by atoms with Gasteiger partial charge in [0.15, 0.2) is 0 Å². The van der Waals surface area contributed by atoms with E-state index >= 15 is 0 Å². The molecule has 0 aliphatic heterocycles. The fraction of sp³-hybridized carbons (Fsp3) is 0.727. The maximum Gasteiger partial charge on any atom is 0.0632 e. The summed E-state index contributed by atoms with van der Waals surface area (Å²) in [7, 11) is 1.99. The molecule has 2 atom stereocenters. The Balaban J connectivity index is 2.44. The van der Waals surface area contributed by atoms with Gasteiger partial charge in [0.2, 0.25) is 0 Å². The lowest BCUT2D eigenvalue weighted by atomic mass is 10.0. The van der Waals surface area contributed by atoms with Crippen molar-refractivity contribution in [2.45, 2.75) is 39.7 Å². The molecular formula is C11H19N3. The Morgan fingerprint density at radius 3 is 2.14 bits per heavy atom. The standard InChI is InChI=1S/C11H19N3/c1-6-8(7(2)14(5)13-6)9-10(12)11(9,3)4/h9-10H,12H2,1-5H3/t9-,10-/m0/s1. The first-order valence-electron chi connectivity index (χ1n) is 5.13. The highest BCUT2D eigenvalue weighted by Crippen LogP contribution is 2.58. The molecule has 0 radical (unpaired) electrons. The van der Waals surface area contributed by atoms with Gasteiger partial charge in [-0.2, -0.15) is 5.10 Å². The summed E-state index contributed by atoms with van der Waals surface area (Å²) in [5.41, 5.74) is 10.1. The minimum absolute atomic E-state index is 0.249. The van der Waals surface area contributed by atoms with E-state index in [-0.39, 0.29) is 5.41 Å². The summed E-state index contributed by atoms with van der Waals surface area (Å²) < 4.78 is 1.95. The van der Waals surface area contributed by atoms with Crippen molar-refractivity contribution in [2.75, 3.05) is 0 Å². The lowest BCUT2D eigenvalue weighted by molar-refractivity contribution is 0.597. The first-order valence-corrected chi connectivity index (χ1v) is 5.13. The third-order valence-electron chi connectivity index (χ3n) is 3.79. The largest absolute Gasteiger partial charge is 0.327 e. The molecule has 0 bridgehead atoms. The summed E-state index contributed by atoms with van der Waals surface area (Å²) >= 11 is 0. The molecule has 1 heterocycles. The second-order valence-corrected chi connectivity index (χ2v) is 5.03. The number of aryl methyl sites for hydroxylation is 2. The zero-order chi connectivity index (χ0) is 10.7. The molecular weight excluding hydrogens is 174 g/mol. The zero-order valence-corrected chi connectivity index (χ0v) is 9.63. The first kappa shape index (κ1) is 9.71. The van der Waals surface area contributed by atoms with Crippen molar-refractivity contribution in [3.8, 4) is 0 Å². The molecule has 1 aromatic heterocycles. The number of nitrogens with two attached hydrogens (primary N) is 1. The molecule has 0 aromatic carbocycles. The summed E-state index contributed by atoms with van der Waals surface area (Å²) in [5.74, 6) is 0.496. The fourth-order valence-corrected chi connectivity index (χ4v) is 2.47. The van der Waals surface area contributed by atoms with Crippen LogP contribution in [0.15, 0.2) is 0 Å². The molecule has 0 amide bonds. The molecule has 3 nitrogen and oxygen atoms in total. The monoisotopic (exact) mass is 193 g/mol. The molecule has 0 saturated heterocycles. The summed E-state index contributed by atoms with van der Waals surface area (Å²) in [4.78, 5) is 0. The Morgan fingerprint density at radius 1 is 1.36 bits per heavy atom. The highest BCUT2D eigenvalue weighted by molar-refractivity contribution is 5.39. The molecule has 1 aromatic rings. The van der Waals surface area contributed by atoms with Gasteiger partial charge in [0.05, 0.1) is 5.69 Å². The van der Waals surface area contributed by atoms with Crippen LogP contribution in [-0.4, -0.2) is 15.8 Å². The second-order valence-electron chi connectivity index (χ2n) is 5.03. The van der Waals surface area contributed by atoms with Gasteiger partial charge in [-0.3, -0.25) is 4.68 Å². The minimum Gasteiger partial charge on any atom is -0.327 e. The quantitative estimate of drug-likeness (QED) is 0.734. The van der Waals surface area contributed by atoms with Crippen molar-refractivity contribution in [3.63, 3.8) is 0 Å². The van der Waals surface area contributed by atoms with E-state index in [1.807, 2.05) is 11.7 Å². The number of nitrogens with zero attached hydrogens (tertiary/aromatic N) is 2.